The second-order valence-electron chi connectivity index (χ2n) is 4.39. The van der Waals surface area contributed by atoms with Gasteiger partial charge in [0.15, 0.2) is 5.16 Å². The normalized spacial score (nSPS) is 12.6. The van der Waals surface area contributed by atoms with Gasteiger partial charge in [-0.15, -0.1) is 0 Å². The molecule has 1 aromatic heterocycles. The molecule has 0 bridgehead atoms. The second-order valence-corrected chi connectivity index (χ2v) is 6.28. The van der Waals surface area contributed by atoms with Crippen LogP contribution >= 0.6 is 27.7 Å². The topological polar surface area (TPSA) is 29.9 Å². The molecule has 3 nitrogen and oxygen atoms in total. The fourth-order valence-corrected chi connectivity index (χ4v) is 3.61. The van der Waals surface area contributed by atoms with Gasteiger partial charge in [-0.1, -0.05) is 40.7 Å². The first-order valence-corrected chi connectivity index (χ1v) is 7.90. The lowest BCUT2D eigenvalue weighted by Gasteiger charge is -2.15. The summed E-state index contributed by atoms with van der Waals surface area (Å²) in [5.41, 5.74) is 1.28. The van der Waals surface area contributed by atoms with Crippen LogP contribution in [0, 0.1) is 0 Å². The lowest BCUT2D eigenvalue weighted by atomic mass is 10.1. The summed E-state index contributed by atoms with van der Waals surface area (Å²) in [5, 5.41) is 4.42. The summed E-state index contributed by atoms with van der Waals surface area (Å²) in [4.78, 5) is 5.51. The van der Waals surface area contributed by atoms with Crippen molar-refractivity contribution < 1.29 is 0 Å². The van der Waals surface area contributed by atoms with E-state index in [1.165, 1.54) is 10.5 Å². The molecule has 1 heterocycles. The number of nitrogens with one attached hydrogen (secondary N) is 1. The monoisotopic (exact) mass is 339 g/mol. The molecule has 1 unspecified atom stereocenters. The first-order valence-electron chi connectivity index (χ1n) is 6.29. The molecule has 0 saturated heterocycles. The van der Waals surface area contributed by atoms with Gasteiger partial charge in [0, 0.05) is 34.9 Å². The molecule has 2 aromatic rings. The summed E-state index contributed by atoms with van der Waals surface area (Å²) in [7, 11) is 2.01. The first kappa shape index (κ1) is 14.6. The average molecular weight is 340 g/mol. The van der Waals surface area contributed by atoms with Crippen molar-refractivity contribution in [3.63, 3.8) is 0 Å². The quantitative estimate of drug-likeness (QED) is 0.892. The number of aromatic nitrogens is 2. The number of nitrogens with zero attached hydrogens (tertiary/aromatic N) is 2. The number of hydrogen-bond donors (Lipinski definition) is 1. The lowest BCUT2D eigenvalue weighted by Crippen LogP contribution is -2.18. The van der Waals surface area contributed by atoms with Gasteiger partial charge in [0.25, 0.3) is 0 Å². The van der Waals surface area contributed by atoms with Gasteiger partial charge >= 0.3 is 0 Å². The van der Waals surface area contributed by atoms with Crippen molar-refractivity contribution in [1.82, 2.24) is 14.9 Å². The van der Waals surface area contributed by atoms with Gasteiger partial charge in [0.2, 0.25) is 0 Å². The molecule has 1 N–H and O–H groups in total. The van der Waals surface area contributed by atoms with Crippen molar-refractivity contribution in [2.24, 2.45) is 7.05 Å². The maximum atomic E-state index is 4.33. The van der Waals surface area contributed by atoms with Crippen molar-refractivity contribution in [2.45, 2.75) is 29.9 Å². The molecule has 19 heavy (non-hydrogen) atoms. The van der Waals surface area contributed by atoms with E-state index < -0.39 is 0 Å². The molecular weight excluding hydrogens is 322 g/mol. The number of imidazole rings is 1. The zero-order valence-corrected chi connectivity index (χ0v) is 13.8. The van der Waals surface area contributed by atoms with E-state index in [1.54, 1.807) is 11.8 Å². The molecular formula is C14H18BrN3S. The summed E-state index contributed by atoms with van der Waals surface area (Å²) in [6, 6.07) is 6.82. The molecule has 5 heteroatoms. The Morgan fingerprint density at radius 2 is 2.26 bits per heavy atom. The summed E-state index contributed by atoms with van der Waals surface area (Å²) in [6.45, 7) is 5.27. The molecule has 0 spiro atoms. The molecule has 1 atom stereocenters. The zero-order chi connectivity index (χ0) is 13.8. The molecule has 0 aliphatic heterocycles. The van der Waals surface area contributed by atoms with Gasteiger partial charge in [-0.05, 0) is 31.2 Å². The van der Waals surface area contributed by atoms with Crippen molar-refractivity contribution in [1.29, 1.82) is 0 Å². The van der Waals surface area contributed by atoms with Crippen LogP contribution in [-0.2, 0) is 7.05 Å². The van der Waals surface area contributed by atoms with Crippen LogP contribution in [0.5, 0.6) is 0 Å². The van der Waals surface area contributed by atoms with Crippen LogP contribution in [0.2, 0.25) is 0 Å². The van der Waals surface area contributed by atoms with E-state index in [0.29, 0.717) is 6.04 Å². The van der Waals surface area contributed by atoms with E-state index in [2.05, 4.69) is 58.3 Å². The van der Waals surface area contributed by atoms with Crippen LogP contribution in [-0.4, -0.2) is 16.1 Å². The molecule has 0 aliphatic carbocycles. The third-order valence-corrected chi connectivity index (χ3v) is 4.69. The molecule has 0 amide bonds. The minimum Gasteiger partial charge on any atom is -0.329 e. The summed E-state index contributed by atoms with van der Waals surface area (Å²) >= 11 is 5.33. The minimum atomic E-state index is 0.353. The number of halogens is 1. The Bertz CT molecular complexity index is 553. The van der Waals surface area contributed by atoms with Crippen molar-refractivity contribution in [3.8, 4) is 0 Å². The Hall–Kier alpha value is -0.780. The second kappa shape index (κ2) is 6.59. The average Bonchev–Trinajstić information content (AvgIpc) is 2.75. The Morgan fingerprint density at radius 1 is 1.47 bits per heavy atom. The van der Waals surface area contributed by atoms with Gasteiger partial charge in [-0.3, -0.25) is 0 Å². The lowest BCUT2D eigenvalue weighted by molar-refractivity contribution is 0.595. The van der Waals surface area contributed by atoms with Gasteiger partial charge in [-0.2, -0.15) is 0 Å². The molecule has 102 valence electrons. The highest BCUT2D eigenvalue weighted by Crippen LogP contribution is 2.31. The highest BCUT2D eigenvalue weighted by molar-refractivity contribution is 9.10. The minimum absolute atomic E-state index is 0.353. The predicted octanol–water partition coefficient (Wildman–Crippen LogP) is 4.00. The summed E-state index contributed by atoms with van der Waals surface area (Å²) in [5.74, 6) is 0. The van der Waals surface area contributed by atoms with E-state index in [9.17, 15) is 0 Å². The first-order chi connectivity index (χ1) is 9.11. The van der Waals surface area contributed by atoms with E-state index in [4.69, 9.17) is 0 Å². The van der Waals surface area contributed by atoms with E-state index in [1.807, 2.05) is 24.0 Å². The van der Waals surface area contributed by atoms with E-state index in [-0.39, 0.29) is 0 Å². The van der Waals surface area contributed by atoms with Crippen molar-refractivity contribution in [3.05, 3.63) is 40.6 Å². The molecule has 1 aromatic carbocycles. The number of benzene rings is 1. The van der Waals surface area contributed by atoms with Crippen LogP contribution in [0.4, 0.5) is 0 Å². The van der Waals surface area contributed by atoms with Gasteiger partial charge in [0.05, 0.1) is 0 Å². The van der Waals surface area contributed by atoms with Crippen LogP contribution in [0.1, 0.15) is 25.5 Å². The van der Waals surface area contributed by atoms with Crippen LogP contribution in [0.25, 0.3) is 0 Å². The van der Waals surface area contributed by atoms with Crippen LogP contribution in [0.3, 0.4) is 0 Å². The maximum Gasteiger partial charge on any atom is 0.172 e. The smallest absolute Gasteiger partial charge is 0.172 e. The van der Waals surface area contributed by atoms with Gasteiger partial charge < -0.3 is 9.88 Å². The fraction of sp³-hybridized carbons (Fsp3) is 0.357. The van der Waals surface area contributed by atoms with E-state index >= 15 is 0 Å². The zero-order valence-electron chi connectivity index (χ0n) is 11.4. The Labute approximate surface area is 126 Å². The Kier molecular flexibility index (Phi) is 5.07. The van der Waals surface area contributed by atoms with Crippen molar-refractivity contribution >= 4 is 27.7 Å². The SMILES string of the molecule is CCNC(C)c1ccc(Sc2nccn2C)cc1Br. The number of hydrogen-bond acceptors (Lipinski definition) is 3. The van der Waals surface area contributed by atoms with Gasteiger partial charge in [0.1, 0.15) is 0 Å². The number of rotatable bonds is 5. The molecule has 0 radical (unpaired) electrons. The molecule has 2 rings (SSSR count). The highest BCUT2D eigenvalue weighted by atomic mass is 79.9. The van der Waals surface area contributed by atoms with Crippen LogP contribution < -0.4 is 5.32 Å². The molecule has 0 aliphatic rings. The Morgan fingerprint density at radius 3 is 2.84 bits per heavy atom. The summed E-state index contributed by atoms with van der Waals surface area (Å²) in [6.07, 6.45) is 3.78. The van der Waals surface area contributed by atoms with Gasteiger partial charge in [-0.25, -0.2) is 4.98 Å². The molecule has 0 fully saturated rings. The predicted molar refractivity (Wildman–Crippen MR) is 83.6 cm³/mol. The van der Waals surface area contributed by atoms with Crippen molar-refractivity contribution in [2.75, 3.05) is 6.54 Å². The molecule has 0 saturated carbocycles. The van der Waals surface area contributed by atoms with E-state index in [0.717, 1.165) is 16.2 Å². The number of aryl methyl sites for hydroxylation is 1. The third-order valence-electron chi connectivity index (χ3n) is 2.93. The largest absolute Gasteiger partial charge is 0.329 e. The Balaban J connectivity index is 2.17. The summed E-state index contributed by atoms with van der Waals surface area (Å²) < 4.78 is 3.16. The standard InChI is InChI=1S/C14H18BrN3S/c1-4-16-10(2)12-6-5-11(9-13(12)15)19-14-17-7-8-18(14)3/h5-10,16H,4H2,1-3H3. The third kappa shape index (κ3) is 3.61. The maximum absolute atomic E-state index is 4.33. The fourth-order valence-electron chi connectivity index (χ4n) is 1.89. The highest BCUT2D eigenvalue weighted by Gasteiger charge is 2.10. The van der Waals surface area contributed by atoms with Crippen LogP contribution in [0.15, 0.2) is 45.1 Å².